The van der Waals surface area contributed by atoms with Crippen LogP contribution < -0.4 is 0 Å². The van der Waals surface area contributed by atoms with Crippen molar-refractivity contribution >= 4 is 22.5 Å². The minimum absolute atomic E-state index is 0.448. The van der Waals surface area contributed by atoms with E-state index in [2.05, 4.69) is 4.98 Å². The summed E-state index contributed by atoms with van der Waals surface area (Å²) in [5.41, 5.74) is 3.21. The highest BCUT2D eigenvalue weighted by molar-refractivity contribution is 6.67. The lowest BCUT2D eigenvalue weighted by atomic mass is 10.1. The molecule has 2 heterocycles. The van der Waals surface area contributed by atoms with Crippen molar-refractivity contribution in [3.05, 3.63) is 60.4 Å². The SMILES string of the molecule is O=C(Cl)c1ccc(-c2cn3ccccc3n2)cc1. The number of rotatable bonds is 2. The summed E-state index contributed by atoms with van der Waals surface area (Å²) in [4.78, 5) is 15.5. The second kappa shape index (κ2) is 4.27. The number of halogens is 1. The molecule has 0 unspecified atom stereocenters. The van der Waals surface area contributed by atoms with Gasteiger partial charge in [0.1, 0.15) is 5.65 Å². The van der Waals surface area contributed by atoms with Crippen molar-refractivity contribution in [2.45, 2.75) is 0 Å². The number of nitrogens with zero attached hydrogens (tertiary/aromatic N) is 2. The molecular formula is C14H9ClN2O. The summed E-state index contributed by atoms with van der Waals surface area (Å²) < 4.78 is 1.95. The Bertz CT molecular complexity index is 683. The molecule has 3 nitrogen and oxygen atoms in total. The molecule has 88 valence electrons. The third-order valence-corrected chi connectivity index (χ3v) is 2.99. The molecule has 0 N–H and O–H groups in total. The standard InChI is InChI=1S/C14H9ClN2O/c15-14(18)11-6-4-10(5-7-11)12-9-17-8-2-1-3-13(17)16-12/h1-9H. The molecule has 0 aliphatic heterocycles. The molecule has 3 aromatic rings. The number of hydrogen-bond acceptors (Lipinski definition) is 2. The maximum Gasteiger partial charge on any atom is 0.252 e. The quantitative estimate of drug-likeness (QED) is 0.659. The van der Waals surface area contributed by atoms with Gasteiger partial charge in [-0.3, -0.25) is 4.79 Å². The molecule has 0 atom stereocenters. The average molecular weight is 257 g/mol. The van der Waals surface area contributed by atoms with Crippen LogP contribution >= 0.6 is 11.6 Å². The van der Waals surface area contributed by atoms with Crippen molar-refractivity contribution in [3.8, 4) is 11.3 Å². The Morgan fingerprint density at radius 2 is 1.89 bits per heavy atom. The third kappa shape index (κ3) is 1.89. The molecule has 4 heteroatoms. The normalized spacial score (nSPS) is 10.7. The summed E-state index contributed by atoms with van der Waals surface area (Å²) in [5, 5.41) is -0.448. The van der Waals surface area contributed by atoms with E-state index in [-0.39, 0.29) is 0 Å². The molecule has 0 aliphatic carbocycles. The summed E-state index contributed by atoms with van der Waals surface area (Å²) in [7, 11) is 0. The van der Waals surface area contributed by atoms with Gasteiger partial charge in [-0.2, -0.15) is 0 Å². The van der Waals surface area contributed by atoms with Crippen LogP contribution in [0, 0.1) is 0 Å². The second-order valence-corrected chi connectivity index (χ2v) is 4.29. The largest absolute Gasteiger partial charge is 0.306 e. The minimum Gasteiger partial charge on any atom is -0.306 e. The zero-order valence-corrected chi connectivity index (χ0v) is 10.1. The van der Waals surface area contributed by atoms with Gasteiger partial charge in [0.15, 0.2) is 0 Å². The lowest BCUT2D eigenvalue weighted by Crippen LogP contribution is -1.87. The van der Waals surface area contributed by atoms with Crippen LogP contribution in [-0.2, 0) is 0 Å². The summed E-state index contributed by atoms with van der Waals surface area (Å²) in [6.07, 6.45) is 3.90. The van der Waals surface area contributed by atoms with Gasteiger partial charge in [-0.15, -0.1) is 0 Å². The first-order valence-corrected chi connectivity index (χ1v) is 5.86. The fourth-order valence-electron chi connectivity index (χ4n) is 1.85. The van der Waals surface area contributed by atoms with Crippen LogP contribution in [0.25, 0.3) is 16.9 Å². The van der Waals surface area contributed by atoms with Crippen LogP contribution in [0.1, 0.15) is 10.4 Å². The van der Waals surface area contributed by atoms with E-state index in [1.807, 2.05) is 47.1 Å². The Morgan fingerprint density at radius 1 is 1.11 bits per heavy atom. The zero-order valence-electron chi connectivity index (χ0n) is 9.38. The molecule has 0 spiro atoms. The van der Waals surface area contributed by atoms with E-state index in [4.69, 9.17) is 11.6 Å². The van der Waals surface area contributed by atoms with Gasteiger partial charge in [0, 0.05) is 23.5 Å². The average Bonchev–Trinajstić information content (AvgIpc) is 2.82. The predicted molar refractivity (Wildman–Crippen MR) is 70.8 cm³/mol. The van der Waals surface area contributed by atoms with Crippen LogP contribution in [0.4, 0.5) is 0 Å². The zero-order chi connectivity index (χ0) is 12.5. The first-order valence-electron chi connectivity index (χ1n) is 5.48. The van der Waals surface area contributed by atoms with Crippen molar-refractivity contribution in [1.82, 2.24) is 9.38 Å². The second-order valence-electron chi connectivity index (χ2n) is 3.94. The summed E-state index contributed by atoms with van der Waals surface area (Å²) in [6, 6.07) is 12.9. The van der Waals surface area contributed by atoms with E-state index >= 15 is 0 Å². The molecule has 0 radical (unpaired) electrons. The number of benzene rings is 1. The maximum absolute atomic E-state index is 11.0. The van der Waals surface area contributed by atoms with Gasteiger partial charge in [0.05, 0.1) is 5.69 Å². The highest BCUT2D eigenvalue weighted by Gasteiger charge is 2.05. The van der Waals surface area contributed by atoms with Gasteiger partial charge in [0.2, 0.25) is 0 Å². The molecule has 0 amide bonds. The summed E-state index contributed by atoms with van der Waals surface area (Å²) in [6.45, 7) is 0. The molecule has 0 fully saturated rings. The molecule has 0 saturated carbocycles. The molecule has 3 rings (SSSR count). The topological polar surface area (TPSA) is 34.4 Å². The Labute approximate surface area is 109 Å². The van der Waals surface area contributed by atoms with Crippen LogP contribution in [0.3, 0.4) is 0 Å². The molecule has 1 aromatic carbocycles. The van der Waals surface area contributed by atoms with E-state index in [0.717, 1.165) is 16.9 Å². The number of carbonyl (C=O) groups excluding carboxylic acids is 1. The van der Waals surface area contributed by atoms with Crippen molar-refractivity contribution in [2.75, 3.05) is 0 Å². The van der Waals surface area contributed by atoms with Crippen LogP contribution in [-0.4, -0.2) is 14.6 Å². The Hall–Kier alpha value is -2.13. The predicted octanol–water partition coefficient (Wildman–Crippen LogP) is 3.38. The smallest absolute Gasteiger partial charge is 0.252 e. The van der Waals surface area contributed by atoms with E-state index in [1.165, 1.54) is 0 Å². The molecule has 2 aromatic heterocycles. The highest BCUT2D eigenvalue weighted by atomic mass is 35.5. The van der Waals surface area contributed by atoms with Gasteiger partial charge in [-0.05, 0) is 35.9 Å². The lowest BCUT2D eigenvalue weighted by molar-refractivity contribution is 0.108. The van der Waals surface area contributed by atoms with E-state index in [1.54, 1.807) is 12.1 Å². The maximum atomic E-state index is 11.0. The molecule has 18 heavy (non-hydrogen) atoms. The molecule has 0 aliphatic rings. The molecule has 0 bridgehead atoms. The first-order chi connectivity index (χ1) is 8.74. The van der Waals surface area contributed by atoms with Gasteiger partial charge in [-0.1, -0.05) is 18.2 Å². The number of pyridine rings is 1. The highest BCUT2D eigenvalue weighted by Crippen LogP contribution is 2.20. The Balaban J connectivity index is 2.06. The monoisotopic (exact) mass is 256 g/mol. The summed E-state index contributed by atoms with van der Waals surface area (Å²) >= 11 is 5.41. The van der Waals surface area contributed by atoms with Crippen molar-refractivity contribution in [2.24, 2.45) is 0 Å². The molecule has 0 saturated heterocycles. The van der Waals surface area contributed by atoms with E-state index in [9.17, 15) is 4.79 Å². The number of hydrogen-bond donors (Lipinski definition) is 0. The fourth-order valence-corrected chi connectivity index (χ4v) is 1.97. The van der Waals surface area contributed by atoms with Crippen LogP contribution in [0.5, 0.6) is 0 Å². The number of fused-ring (bicyclic) bond motifs is 1. The van der Waals surface area contributed by atoms with Gasteiger partial charge in [-0.25, -0.2) is 4.98 Å². The minimum atomic E-state index is -0.448. The van der Waals surface area contributed by atoms with Gasteiger partial charge >= 0.3 is 0 Å². The summed E-state index contributed by atoms with van der Waals surface area (Å²) in [5.74, 6) is 0. The number of carbonyl (C=O) groups is 1. The van der Waals surface area contributed by atoms with Crippen molar-refractivity contribution in [3.63, 3.8) is 0 Å². The third-order valence-electron chi connectivity index (χ3n) is 2.77. The lowest BCUT2D eigenvalue weighted by Gasteiger charge is -1.97. The van der Waals surface area contributed by atoms with Crippen molar-refractivity contribution in [1.29, 1.82) is 0 Å². The Kier molecular flexibility index (Phi) is 2.61. The van der Waals surface area contributed by atoms with Crippen LogP contribution in [0.15, 0.2) is 54.9 Å². The van der Waals surface area contributed by atoms with Crippen molar-refractivity contribution < 1.29 is 4.79 Å². The fraction of sp³-hybridized carbons (Fsp3) is 0. The van der Waals surface area contributed by atoms with Crippen LogP contribution in [0.2, 0.25) is 0 Å². The van der Waals surface area contributed by atoms with Gasteiger partial charge in [0.25, 0.3) is 5.24 Å². The number of imidazole rings is 1. The van der Waals surface area contributed by atoms with E-state index in [0.29, 0.717) is 5.56 Å². The first kappa shape index (κ1) is 11.0. The number of aromatic nitrogens is 2. The Morgan fingerprint density at radius 3 is 2.56 bits per heavy atom. The van der Waals surface area contributed by atoms with Gasteiger partial charge < -0.3 is 4.40 Å². The van der Waals surface area contributed by atoms with E-state index < -0.39 is 5.24 Å². The molecular weight excluding hydrogens is 248 g/mol.